The lowest BCUT2D eigenvalue weighted by atomic mass is 10.1. The maximum atomic E-state index is 12.2. The van der Waals surface area contributed by atoms with E-state index in [2.05, 4.69) is 0 Å². The Morgan fingerprint density at radius 2 is 1.85 bits per heavy atom. The van der Waals surface area contributed by atoms with Gasteiger partial charge in [0.2, 0.25) is 0 Å². The lowest BCUT2D eigenvalue weighted by Crippen LogP contribution is -2.05. The zero-order chi connectivity index (χ0) is 10.1. The molecule has 0 aliphatic heterocycles. The fourth-order valence-corrected chi connectivity index (χ4v) is 1.55. The van der Waals surface area contributed by atoms with Crippen LogP contribution in [0.1, 0.15) is 11.1 Å². The van der Waals surface area contributed by atoms with Crippen molar-refractivity contribution >= 4 is 22.6 Å². The summed E-state index contributed by atoms with van der Waals surface area (Å²) in [5.74, 6) is 0. The molecular formula is C8H5F3IO. The zero-order valence-corrected chi connectivity index (χ0v) is 8.43. The first-order valence-corrected chi connectivity index (χ1v) is 4.36. The second-order valence-electron chi connectivity index (χ2n) is 2.40. The Morgan fingerprint density at radius 1 is 1.23 bits per heavy atom. The standard InChI is InChI=1S/C8H5F3IO/c9-8(10,11)6-1-5(4-13)2-7(12)3-6/h1-4,13H. The Labute approximate surface area is 86.7 Å². The second-order valence-corrected chi connectivity index (χ2v) is 3.65. The van der Waals surface area contributed by atoms with Gasteiger partial charge in [-0.15, -0.1) is 0 Å². The lowest BCUT2D eigenvalue weighted by Gasteiger charge is -2.08. The zero-order valence-electron chi connectivity index (χ0n) is 6.27. The van der Waals surface area contributed by atoms with Crippen LogP contribution >= 0.6 is 22.6 Å². The van der Waals surface area contributed by atoms with Gasteiger partial charge in [0.1, 0.15) is 6.61 Å². The fraction of sp³-hybridized carbons (Fsp3) is 0.125. The van der Waals surface area contributed by atoms with Crippen molar-refractivity contribution in [3.63, 3.8) is 0 Å². The number of alkyl halides is 3. The molecule has 0 aliphatic carbocycles. The van der Waals surface area contributed by atoms with Crippen molar-refractivity contribution in [1.29, 1.82) is 0 Å². The summed E-state index contributed by atoms with van der Waals surface area (Å²) in [6.45, 7) is 0.650. The Balaban J connectivity index is 3.16. The van der Waals surface area contributed by atoms with Crippen LogP contribution in [0, 0.1) is 10.2 Å². The van der Waals surface area contributed by atoms with E-state index in [1.54, 1.807) is 22.6 Å². The Morgan fingerprint density at radius 3 is 2.31 bits per heavy atom. The molecular weight excluding hydrogens is 296 g/mol. The van der Waals surface area contributed by atoms with Gasteiger partial charge >= 0.3 is 6.18 Å². The summed E-state index contributed by atoms with van der Waals surface area (Å²) in [4.78, 5) is 0. The maximum Gasteiger partial charge on any atom is 0.416 e. The van der Waals surface area contributed by atoms with E-state index >= 15 is 0 Å². The molecule has 5 heteroatoms. The molecule has 0 aromatic heterocycles. The molecule has 1 rings (SSSR count). The average Bonchev–Trinajstić information content (AvgIpc) is 2.01. The lowest BCUT2D eigenvalue weighted by molar-refractivity contribution is -0.137. The van der Waals surface area contributed by atoms with Crippen LogP contribution < -0.4 is 0 Å². The van der Waals surface area contributed by atoms with Crippen molar-refractivity contribution in [2.45, 2.75) is 6.18 Å². The molecule has 0 bridgehead atoms. The van der Waals surface area contributed by atoms with Crippen molar-refractivity contribution in [2.75, 3.05) is 0 Å². The molecule has 0 heterocycles. The van der Waals surface area contributed by atoms with Gasteiger partial charge < -0.3 is 5.11 Å². The highest BCUT2D eigenvalue weighted by molar-refractivity contribution is 14.1. The van der Waals surface area contributed by atoms with Gasteiger partial charge in [-0.3, -0.25) is 0 Å². The minimum absolute atomic E-state index is 0.152. The number of hydrogen-bond donors (Lipinski definition) is 1. The summed E-state index contributed by atoms with van der Waals surface area (Å²) in [6, 6.07) is 3.37. The van der Waals surface area contributed by atoms with E-state index in [-0.39, 0.29) is 5.56 Å². The largest absolute Gasteiger partial charge is 0.416 e. The van der Waals surface area contributed by atoms with Crippen LogP contribution in [0.2, 0.25) is 0 Å². The Kier molecular flexibility index (Phi) is 3.18. The number of aliphatic hydroxyl groups excluding tert-OH is 1. The monoisotopic (exact) mass is 301 g/mol. The van der Waals surface area contributed by atoms with Gasteiger partial charge in [-0.2, -0.15) is 13.2 Å². The van der Waals surface area contributed by atoms with Crippen LogP contribution in [-0.4, -0.2) is 5.11 Å². The minimum Gasteiger partial charge on any atom is -0.385 e. The quantitative estimate of drug-likeness (QED) is 0.790. The number of rotatable bonds is 1. The van der Waals surface area contributed by atoms with Gasteiger partial charge in [0.05, 0.1) is 5.56 Å². The summed E-state index contributed by atoms with van der Waals surface area (Å²) in [5, 5.41) is 8.56. The number of benzene rings is 1. The van der Waals surface area contributed by atoms with Crippen LogP contribution in [-0.2, 0) is 6.18 Å². The molecule has 1 aromatic carbocycles. The van der Waals surface area contributed by atoms with Gasteiger partial charge in [-0.1, -0.05) is 0 Å². The molecule has 0 saturated carbocycles. The molecule has 0 aliphatic rings. The Bertz CT molecular complexity index is 309. The molecule has 13 heavy (non-hydrogen) atoms. The van der Waals surface area contributed by atoms with Crippen LogP contribution in [0.4, 0.5) is 13.2 Å². The van der Waals surface area contributed by atoms with Crippen molar-refractivity contribution in [2.24, 2.45) is 0 Å². The minimum atomic E-state index is -4.36. The molecule has 0 fully saturated rings. The fourth-order valence-electron chi connectivity index (χ4n) is 0.851. The molecule has 1 nitrogen and oxygen atoms in total. The first kappa shape index (κ1) is 10.8. The van der Waals surface area contributed by atoms with E-state index < -0.39 is 11.7 Å². The highest BCUT2D eigenvalue weighted by atomic mass is 127. The van der Waals surface area contributed by atoms with Crippen molar-refractivity contribution in [1.82, 2.24) is 0 Å². The molecule has 0 spiro atoms. The molecule has 0 atom stereocenters. The summed E-state index contributed by atoms with van der Waals surface area (Å²) in [5.41, 5.74) is -0.598. The SMILES string of the molecule is O[CH]c1cc(I)cc(C(F)(F)F)c1. The summed E-state index contributed by atoms with van der Waals surface area (Å²) < 4.78 is 37.0. The van der Waals surface area contributed by atoms with Crippen LogP contribution in [0.15, 0.2) is 18.2 Å². The third kappa shape index (κ3) is 2.84. The van der Waals surface area contributed by atoms with Crippen molar-refractivity contribution in [3.8, 4) is 0 Å². The predicted octanol–water partition coefficient (Wildman–Crippen LogP) is 3.19. The van der Waals surface area contributed by atoms with E-state index in [9.17, 15) is 13.2 Å². The van der Waals surface area contributed by atoms with E-state index in [1.807, 2.05) is 0 Å². The normalized spacial score (nSPS) is 11.8. The van der Waals surface area contributed by atoms with Gasteiger partial charge in [0.25, 0.3) is 0 Å². The van der Waals surface area contributed by atoms with E-state index in [0.29, 0.717) is 10.2 Å². The molecule has 1 radical (unpaired) electrons. The molecule has 0 unspecified atom stereocenters. The van der Waals surface area contributed by atoms with E-state index in [4.69, 9.17) is 5.11 Å². The van der Waals surface area contributed by atoms with Gasteiger partial charge in [0, 0.05) is 3.57 Å². The molecule has 1 N–H and O–H groups in total. The van der Waals surface area contributed by atoms with E-state index in [1.165, 1.54) is 6.07 Å². The third-order valence-electron chi connectivity index (χ3n) is 1.40. The summed E-state index contributed by atoms with van der Waals surface area (Å²) in [7, 11) is 0. The second kappa shape index (κ2) is 3.83. The maximum absolute atomic E-state index is 12.2. The van der Waals surface area contributed by atoms with Crippen LogP contribution in [0.3, 0.4) is 0 Å². The topological polar surface area (TPSA) is 20.2 Å². The van der Waals surface area contributed by atoms with Gasteiger partial charge in [-0.05, 0) is 46.4 Å². The first-order valence-electron chi connectivity index (χ1n) is 3.28. The summed E-state index contributed by atoms with van der Waals surface area (Å²) >= 11 is 1.76. The molecule has 1 aromatic rings. The highest BCUT2D eigenvalue weighted by Crippen LogP contribution is 2.31. The number of halogens is 4. The number of aliphatic hydroxyl groups is 1. The molecule has 71 valence electrons. The van der Waals surface area contributed by atoms with Crippen LogP contribution in [0.25, 0.3) is 0 Å². The van der Waals surface area contributed by atoms with Crippen molar-refractivity contribution < 1.29 is 18.3 Å². The van der Waals surface area contributed by atoms with E-state index in [0.717, 1.165) is 12.1 Å². The third-order valence-corrected chi connectivity index (χ3v) is 2.02. The molecule has 0 saturated heterocycles. The first-order chi connectivity index (χ1) is 5.93. The molecule has 0 amide bonds. The van der Waals surface area contributed by atoms with Gasteiger partial charge in [0.15, 0.2) is 0 Å². The smallest absolute Gasteiger partial charge is 0.385 e. The highest BCUT2D eigenvalue weighted by Gasteiger charge is 2.30. The Hall–Kier alpha value is -0.300. The average molecular weight is 301 g/mol. The number of hydrogen-bond acceptors (Lipinski definition) is 1. The predicted molar refractivity (Wildman–Crippen MR) is 49.5 cm³/mol. The van der Waals surface area contributed by atoms with Gasteiger partial charge in [-0.25, -0.2) is 0 Å². The summed E-state index contributed by atoms with van der Waals surface area (Å²) in [6.07, 6.45) is -4.36. The van der Waals surface area contributed by atoms with Crippen LogP contribution in [0.5, 0.6) is 0 Å². The van der Waals surface area contributed by atoms with Crippen molar-refractivity contribution in [3.05, 3.63) is 39.5 Å².